The molecule has 0 aliphatic heterocycles. The lowest BCUT2D eigenvalue weighted by atomic mass is 10.0. The third-order valence-corrected chi connectivity index (χ3v) is 7.51. The molecule has 40 heavy (non-hydrogen) atoms. The topological polar surface area (TPSA) is 91.7 Å². The third kappa shape index (κ3) is 9.17. The van der Waals surface area contributed by atoms with Gasteiger partial charge >= 0.3 is 0 Å². The lowest BCUT2D eigenvalue weighted by Crippen LogP contribution is -2.00. The Morgan fingerprint density at radius 3 is 1.25 bits per heavy atom. The minimum Gasteiger partial charge on any atom is -0.310 e. The Morgan fingerprint density at radius 2 is 0.875 bits per heavy atom. The predicted molar refractivity (Wildman–Crippen MR) is 171 cm³/mol. The Kier molecular flexibility index (Phi) is 12.3. The highest BCUT2D eigenvalue weighted by Crippen LogP contribution is 2.24. The lowest BCUT2D eigenvalue weighted by Gasteiger charge is -2.06. The molecule has 1 atom stereocenters. The van der Waals surface area contributed by atoms with Crippen LogP contribution in [0.25, 0.3) is 35.4 Å². The summed E-state index contributed by atoms with van der Waals surface area (Å²) in [6, 6.07) is 28.9. The van der Waals surface area contributed by atoms with Crippen LogP contribution in [0.5, 0.6) is 0 Å². The second-order valence-electron chi connectivity index (χ2n) is 8.10. The molecule has 0 spiro atoms. The van der Waals surface area contributed by atoms with Crippen molar-refractivity contribution in [2.75, 3.05) is 0 Å². The van der Waals surface area contributed by atoms with E-state index in [1.807, 2.05) is 88.4 Å². The molecular weight excluding hydrogens is 540 g/mol. The molecule has 5 nitrogen and oxygen atoms in total. The lowest BCUT2D eigenvalue weighted by molar-refractivity contribution is 0.483. The van der Waals surface area contributed by atoms with Crippen LogP contribution >= 0.6 is 0 Å². The monoisotopic (exact) mass is 576 g/mol. The minimum absolute atomic E-state index is 0.133. The van der Waals surface area contributed by atoms with Crippen LogP contribution in [-0.4, -0.2) is 27.6 Å². The molecule has 0 fully saturated rings. The Labute approximate surface area is 239 Å². The Bertz CT molecular complexity index is 1520. The van der Waals surface area contributed by atoms with Crippen LogP contribution in [0.15, 0.2) is 107 Å². The molecule has 0 heterocycles. The van der Waals surface area contributed by atoms with Gasteiger partial charge in [0.1, 0.15) is 14.7 Å². The van der Waals surface area contributed by atoms with Crippen molar-refractivity contribution in [1.82, 2.24) is 0 Å². The first-order chi connectivity index (χ1) is 19.1. The molecule has 0 bridgehead atoms. The minimum atomic E-state index is -4.30. The second kappa shape index (κ2) is 15.1. The Balaban J connectivity index is 0.00000134. The zero-order valence-corrected chi connectivity index (χ0v) is 24.8. The van der Waals surface area contributed by atoms with Crippen molar-refractivity contribution < 1.29 is 21.7 Å². The van der Waals surface area contributed by atoms with E-state index < -0.39 is 19.9 Å². The fourth-order valence-corrected chi connectivity index (χ4v) is 5.19. The Morgan fingerprint density at radius 1 is 0.525 bits per heavy atom. The van der Waals surface area contributed by atoms with Gasteiger partial charge in [-0.3, -0.25) is 4.55 Å². The maximum Gasteiger partial charge on any atom is 0.295 e. The zero-order chi connectivity index (χ0) is 29.8. The van der Waals surface area contributed by atoms with Gasteiger partial charge in [-0.1, -0.05) is 137 Å². The van der Waals surface area contributed by atoms with E-state index in [9.17, 15) is 21.7 Å². The van der Waals surface area contributed by atoms with Gasteiger partial charge in [0.2, 0.25) is 0 Å². The van der Waals surface area contributed by atoms with Crippen molar-refractivity contribution in [3.63, 3.8) is 0 Å². The van der Waals surface area contributed by atoms with Gasteiger partial charge in [0.05, 0.1) is 4.90 Å². The van der Waals surface area contributed by atoms with Gasteiger partial charge < -0.3 is 4.55 Å². The fraction of sp³-hybridized carbons (Fsp3) is 0.121. The van der Waals surface area contributed by atoms with Crippen LogP contribution in [0, 0.1) is 0 Å². The Hall–Kier alpha value is -3.75. The van der Waals surface area contributed by atoms with Crippen LogP contribution in [0.2, 0.25) is 0 Å². The summed E-state index contributed by atoms with van der Waals surface area (Å²) in [6.45, 7) is 8.00. The van der Waals surface area contributed by atoms with Gasteiger partial charge in [0.15, 0.2) is 0 Å². The SMILES string of the molecule is C=S(=O)(O)c1ccccc1/C=C/c1ccc(-c2ccc(/C=C/c3ccccc3S(=O)(=O)O)cc2)cc1.CC.CC. The van der Waals surface area contributed by atoms with Crippen molar-refractivity contribution >= 4 is 50.1 Å². The molecule has 210 valence electrons. The first-order valence-electron chi connectivity index (χ1n) is 12.9. The van der Waals surface area contributed by atoms with Gasteiger partial charge in [-0.15, -0.1) is 0 Å². The molecule has 0 aliphatic carbocycles. The van der Waals surface area contributed by atoms with Gasteiger partial charge in [-0.25, -0.2) is 4.21 Å². The molecule has 0 radical (unpaired) electrons. The summed E-state index contributed by atoms with van der Waals surface area (Å²) in [5.41, 5.74) is 4.92. The van der Waals surface area contributed by atoms with Crippen LogP contribution in [0.1, 0.15) is 49.9 Å². The summed E-state index contributed by atoms with van der Waals surface area (Å²) in [4.78, 5) is 0.167. The predicted octanol–water partition coefficient (Wildman–Crippen LogP) is 8.54. The molecule has 4 aromatic carbocycles. The molecule has 0 saturated heterocycles. The van der Waals surface area contributed by atoms with Gasteiger partial charge in [-0.2, -0.15) is 8.42 Å². The summed E-state index contributed by atoms with van der Waals surface area (Å²) < 4.78 is 54.3. The smallest absolute Gasteiger partial charge is 0.295 e. The van der Waals surface area contributed by atoms with E-state index >= 15 is 0 Å². The second-order valence-corrected chi connectivity index (χ2v) is 11.2. The molecular formula is C33H36O5S2. The van der Waals surface area contributed by atoms with Crippen molar-refractivity contribution in [2.24, 2.45) is 0 Å². The van der Waals surface area contributed by atoms with E-state index in [1.54, 1.807) is 54.6 Å². The molecule has 0 saturated carbocycles. The third-order valence-electron chi connectivity index (χ3n) is 5.52. The zero-order valence-electron chi connectivity index (χ0n) is 23.2. The van der Waals surface area contributed by atoms with E-state index in [1.165, 1.54) is 6.07 Å². The van der Waals surface area contributed by atoms with E-state index in [2.05, 4.69) is 5.87 Å². The van der Waals surface area contributed by atoms with Crippen molar-refractivity contribution in [1.29, 1.82) is 0 Å². The van der Waals surface area contributed by atoms with Gasteiger partial charge in [0.25, 0.3) is 10.1 Å². The van der Waals surface area contributed by atoms with Crippen LogP contribution in [-0.2, 0) is 19.9 Å². The molecule has 4 aromatic rings. The number of rotatable bonds is 7. The van der Waals surface area contributed by atoms with Crippen LogP contribution in [0.3, 0.4) is 0 Å². The summed E-state index contributed by atoms with van der Waals surface area (Å²) in [7, 11) is -7.60. The molecule has 4 rings (SSSR count). The van der Waals surface area contributed by atoms with E-state index in [4.69, 9.17) is 0 Å². The van der Waals surface area contributed by atoms with Crippen LogP contribution < -0.4 is 0 Å². The van der Waals surface area contributed by atoms with E-state index in [-0.39, 0.29) is 4.90 Å². The fourth-order valence-electron chi connectivity index (χ4n) is 3.71. The quantitative estimate of drug-likeness (QED) is 0.131. The van der Waals surface area contributed by atoms with E-state index in [0.717, 1.165) is 22.3 Å². The molecule has 0 aromatic heterocycles. The van der Waals surface area contributed by atoms with Gasteiger partial charge in [-0.05, 0) is 51.4 Å². The molecule has 0 aliphatic rings. The van der Waals surface area contributed by atoms with E-state index in [0.29, 0.717) is 16.0 Å². The average Bonchev–Trinajstić information content (AvgIpc) is 2.97. The maximum absolute atomic E-state index is 12.0. The largest absolute Gasteiger partial charge is 0.310 e. The van der Waals surface area contributed by atoms with Crippen molar-refractivity contribution in [3.8, 4) is 11.1 Å². The molecule has 7 heteroatoms. The summed E-state index contributed by atoms with van der Waals surface area (Å²) in [5.74, 6) is 3.36. The highest BCUT2D eigenvalue weighted by molar-refractivity contribution is 7.95. The average molecular weight is 577 g/mol. The molecule has 0 amide bonds. The summed E-state index contributed by atoms with van der Waals surface area (Å²) in [6.07, 6.45) is 7.12. The number of benzene rings is 4. The highest BCUT2D eigenvalue weighted by Gasteiger charge is 2.12. The normalized spacial score (nSPS) is 12.7. The standard InChI is InChI=1S/C29H24O5S2.2C2H6/c1-35(30,31)28-8-4-2-6-26(28)20-14-22-10-16-24(17-11-22)25-18-12-23(13-19-25)15-21-27-7-3-5-9-29(27)36(32,33)34;2*1-2/h2-21H,1H2,(H,30,31)(H,32,33,34);2*1-2H3/b20-14+,21-15+;;. The van der Waals surface area contributed by atoms with Crippen molar-refractivity contribution in [2.45, 2.75) is 37.5 Å². The van der Waals surface area contributed by atoms with Crippen molar-refractivity contribution in [3.05, 3.63) is 119 Å². The molecule has 1 unspecified atom stereocenters. The highest BCUT2D eigenvalue weighted by atomic mass is 32.2. The summed E-state index contributed by atoms with van der Waals surface area (Å²) >= 11 is 0. The van der Waals surface area contributed by atoms with Crippen LogP contribution in [0.4, 0.5) is 0 Å². The first-order valence-corrected chi connectivity index (χ1v) is 16.1. The first kappa shape index (κ1) is 32.5. The molecule has 2 N–H and O–H groups in total. The maximum atomic E-state index is 12.0. The van der Waals surface area contributed by atoms with Gasteiger partial charge in [0, 0.05) is 0 Å². The number of hydrogen-bond donors (Lipinski definition) is 2. The summed E-state index contributed by atoms with van der Waals surface area (Å²) in [5, 5.41) is 0. The number of hydrogen-bond acceptors (Lipinski definition) is 3.